The van der Waals surface area contributed by atoms with E-state index in [0.29, 0.717) is 11.2 Å². The van der Waals surface area contributed by atoms with Crippen LogP contribution in [0.2, 0.25) is 0 Å². The summed E-state index contributed by atoms with van der Waals surface area (Å²) in [5.41, 5.74) is 3.04. The van der Waals surface area contributed by atoms with Gasteiger partial charge in [-0.15, -0.1) is 0 Å². The third-order valence-electron chi connectivity index (χ3n) is 6.06. The quantitative estimate of drug-likeness (QED) is 0.758. The number of nitrogens with zero attached hydrogens (tertiary/aromatic N) is 3. The van der Waals surface area contributed by atoms with E-state index in [1.54, 1.807) is 16.9 Å². The smallest absolute Gasteiger partial charge is 0.256 e. The number of hydrogen-bond acceptors (Lipinski definition) is 4. The number of carbonyl (C=O) groups excluding carboxylic acids is 1. The Morgan fingerprint density at radius 2 is 2.00 bits per heavy atom. The molecular formula is C22H24N4O2. The molecule has 144 valence electrons. The molecule has 3 heterocycles. The third-order valence-corrected chi connectivity index (χ3v) is 6.06. The maximum absolute atomic E-state index is 13.0. The lowest BCUT2D eigenvalue weighted by atomic mass is 9.89. The van der Waals surface area contributed by atoms with Gasteiger partial charge in [0.1, 0.15) is 5.56 Å². The summed E-state index contributed by atoms with van der Waals surface area (Å²) >= 11 is 0. The number of nitrogens with one attached hydrogen (secondary N) is 1. The number of carbonyl (C=O) groups is 1. The van der Waals surface area contributed by atoms with E-state index in [1.165, 1.54) is 12.8 Å². The van der Waals surface area contributed by atoms with Crippen LogP contribution in [0.25, 0.3) is 16.9 Å². The van der Waals surface area contributed by atoms with Gasteiger partial charge in [0.15, 0.2) is 5.65 Å². The van der Waals surface area contributed by atoms with Crippen LogP contribution in [-0.4, -0.2) is 38.8 Å². The van der Waals surface area contributed by atoms with Crippen molar-refractivity contribution in [3.63, 3.8) is 0 Å². The van der Waals surface area contributed by atoms with Gasteiger partial charge in [-0.3, -0.25) is 4.79 Å². The highest BCUT2D eigenvalue weighted by Gasteiger charge is 2.40. The Labute approximate surface area is 163 Å². The Morgan fingerprint density at radius 3 is 2.82 bits per heavy atom. The molecule has 2 fully saturated rings. The highest BCUT2D eigenvalue weighted by Crippen LogP contribution is 2.40. The molecule has 6 nitrogen and oxygen atoms in total. The predicted octanol–water partition coefficient (Wildman–Crippen LogP) is 3.62. The number of fused-ring (bicyclic) bond motifs is 1. The molecule has 1 amide bonds. The molecular weight excluding hydrogens is 352 g/mol. The standard InChI is InChI=1S/C22H24N4O2/c27-21(25-17-9-13-28-22(14-17)10-4-5-11-22)18-15-24-26-19(8-12-23-20(18)26)16-6-2-1-3-7-16/h1-3,6-8,12,15,17H,4-5,9-11,13-14H2,(H,25,27). The van der Waals surface area contributed by atoms with E-state index in [4.69, 9.17) is 4.74 Å². The maximum Gasteiger partial charge on any atom is 0.256 e. The van der Waals surface area contributed by atoms with Crippen molar-refractivity contribution in [3.05, 3.63) is 54.4 Å². The molecule has 3 aromatic rings. The minimum atomic E-state index is -0.104. The van der Waals surface area contributed by atoms with Gasteiger partial charge in [0.2, 0.25) is 0 Å². The van der Waals surface area contributed by atoms with Crippen molar-refractivity contribution < 1.29 is 9.53 Å². The second-order valence-corrected chi connectivity index (χ2v) is 7.89. The van der Waals surface area contributed by atoms with E-state index in [1.807, 2.05) is 36.4 Å². The monoisotopic (exact) mass is 376 g/mol. The van der Waals surface area contributed by atoms with E-state index in [-0.39, 0.29) is 17.6 Å². The van der Waals surface area contributed by atoms with Crippen LogP contribution in [-0.2, 0) is 4.74 Å². The van der Waals surface area contributed by atoms with E-state index in [2.05, 4.69) is 15.4 Å². The van der Waals surface area contributed by atoms with Gasteiger partial charge >= 0.3 is 0 Å². The molecule has 2 aromatic heterocycles. The first-order chi connectivity index (χ1) is 13.7. The van der Waals surface area contributed by atoms with E-state index in [0.717, 1.165) is 43.5 Å². The molecule has 1 atom stereocenters. The summed E-state index contributed by atoms with van der Waals surface area (Å²) < 4.78 is 7.83. The number of ether oxygens (including phenoxy) is 1. The minimum Gasteiger partial charge on any atom is -0.375 e. The average Bonchev–Trinajstić information content (AvgIpc) is 3.36. The molecule has 6 heteroatoms. The van der Waals surface area contributed by atoms with Crippen LogP contribution in [0.1, 0.15) is 48.9 Å². The van der Waals surface area contributed by atoms with Crippen molar-refractivity contribution >= 4 is 11.6 Å². The highest BCUT2D eigenvalue weighted by molar-refractivity contribution is 6.00. The van der Waals surface area contributed by atoms with Gasteiger partial charge in [-0.25, -0.2) is 9.50 Å². The zero-order chi connectivity index (χ0) is 19.0. The molecule has 0 radical (unpaired) electrons. The second-order valence-electron chi connectivity index (χ2n) is 7.89. The first-order valence-electron chi connectivity index (χ1n) is 10.1. The Bertz CT molecular complexity index is 992. The molecule has 1 saturated heterocycles. The van der Waals surface area contributed by atoms with Gasteiger partial charge in [0.25, 0.3) is 5.91 Å². The van der Waals surface area contributed by atoms with Crippen molar-refractivity contribution in [1.82, 2.24) is 19.9 Å². The van der Waals surface area contributed by atoms with Gasteiger partial charge in [-0.05, 0) is 31.7 Å². The fourth-order valence-electron chi connectivity index (χ4n) is 4.66. The Hall–Kier alpha value is -2.73. The Morgan fingerprint density at radius 1 is 1.18 bits per heavy atom. The second kappa shape index (κ2) is 7.02. The molecule has 1 N–H and O–H groups in total. The Kier molecular flexibility index (Phi) is 4.36. The number of amides is 1. The molecule has 1 aliphatic heterocycles. The summed E-state index contributed by atoms with van der Waals surface area (Å²) in [6, 6.07) is 12.1. The molecule has 2 aliphatic rings. The summed E-state index contributed by atoms with van der Waals surface area (Å²) in [6.07, 6.45) is 9.78. The molecule has 0 bridgehead atoms. The lowest BCUT2D eigenvalue weighted by Gasteiger charge is -2.38. The summed E-state index contributed by atoms with van der Waals surface area (Å²) in [6.45, 7) is 0.718. The first kappa shape index (κ1) is 17.4. The van der Waals surface area contributed by atoms with Gasteiger partial charge in [-0.1, -0.05) is 43.2 Å². The molecule has 28 heavy (non-hydrogen) atoms. The van der Waals surface area contributed by atoms with Gasteiger partial charge in [0.05, 0.1) is 17.5 Å². The summed E-state index contributed by atoms with van der Waals surface area (Å²) in [7, 11) is 0. The fraction of sp³-hybridized carbons (Fsp3) is 0.409. The number of rotatable bonds is 3. The van der Waals surface area contributed by atoms with Crippen LogP contribution in [0.15, 0.2) is 48.8 Å². The van der Waals surface area contributed by atoms with Crippen LogP contribution in [0.3, 0.4) is 0 Å². The SMILES string of the molecule is O=C(NC1CCOC2(CCCC2)C1)c1cnn2c(-c3ccccc3)ccnc12. The maximum atomic E-state index is 13.0. The predicted molar refractivity (Wildman–Crippen MR) is 106 cm³/mol. The van der Waals surface area contributed by atoms with Crippen molar-refractivity contribution in [3.8, 4) is 11.3 Å². The van der Waals surface area contributed by atoms with Gasteiger partial charge in [0, 0.05) is 24.4 Å². The average molecular weight is 376 g/mol. The van der Waals surface area contributed by atoms with Crippen molar-refractivity contribution in [2.75, 3.05) is 6.61 Å². The van der Waals surface area contributed by atoms with E-state index in [9.17, 15) is 4.79 Å². The minimum absolute atomic E-state index is 0.0178. The van der Waals surface area contributed by atoms with E-state index < -0.39 is 0 Å². The lowest BCUT2D eigenvalue weighted by Crippen LogP contribution is -2.47. The first-order valence-corrected chi connectivity index (χ1v) is 10.1. The topological polar surface area (TPSA) is 68.5 Å². The Balaban J connectivity index is 1.40. The van der Waals surface area contributed by atoms with Gasteiger partial charge < -0.3 is 10.1 Å². The normalized spacial score (nSPS) is 21.2. The molecule has 1 aliphatic carbocycles. The molecule has 1 spiro atoms. The fourth-order valence-corrected chi connectivity index (χ4v) is 4.66. The number of aromatic nitrogens is 3. The molecule has 1 saturated carbocycles. The van der Waals surface area contributed by atoms with Crippen molar-refractivity contribution in [2.24, 2.45) is 0 Å². The van der Waals surface area contributed by atoms with Crippen LogP contribution in [0.4, 0.5) is 0 Å². The molecule has 1 aromatic carbocycles. The summed E-state index contributed by atoms with van der Waals surface area (Å²) in [5.74, 6) is -0.104. The largest absolute Gasteiger partial charge is 0.375 e. The zero-order valence-corrected chi connectivity index (χ0v) is 15.8. The summed E-state index contributed by atoms with van der Waals surface area (Å²) in [4.78, 5) is 17.4. The lowest BCUT2D eigenvalue weighted by molar-refractivity contribution is -0.0823. The van der Waals surface area contributed by atoms with Crippen LogP contribution in [0.5, 0.6) is 0 Å². The van der Waals surface area contributed by atoms with Crippen LogP contribution < -0.4 is 5.32 Å². The highest BCUT2D eigenvalue weighted by atomic mass is 16.5. The van der Waals surface area contributed by atoms with Crippen LogP contribution in [0, 0.1) is 0 Å². The third kappa shape index (κ3) is 3.07. The van der Waals surface area contributed by atoms with Crippen molar-refractivity contribution in [1.29, 1.82) is 0 Å². The summed E-state index contributed by atoms with van der Waals surface area (Å²) in [5, 5.41) is 7.66. The number of benzene rings is 1. The number of hydrogen-bond donors (Lipinski definition) is 1. The molecule has 1 unspecified atom stereocenters. The van der Waals surface area contributed by atoms with Crippen LogP contribution >= 0.6 is 0 Å². The van der Waals surface area contributed by atoms with E-state index >= 15 is 0 Å². The molecule has 5 rings (SSSR count). The van der Waals surface area contributed by atoms with Crippen molar-refractivity contribution in [2.45, 2.75) is 50.2 Å². The van der Waals surface area contributed by atoms with Gasteiger partial charge in [-0.2, -0.15) is 5.10 Å². The zero-order valence-electron chi connectivity index (χ0n) is 15.8.